The number of ether oxygens (including phenoxy) is 1. The molecular formula is C12H23NO8. The number of aliphatic hydroxyl groups is 6. The molecule has 21 heavy (non-hydrogen) atoms. The van der Waals surface area contributed by atoms with E-state index in [1.807, 2.05) is 0 Å². The summed E-state index contributed by atoms with van der Waals surface area (Å²) in [6.45, 7) is 0.472. The molecule has 7 N–H and O–H groups in total. The van der Waals surface area contributed by atoms with Crippen molar-refractivity contribution < 1.29 is 40.2 Å². The molecule has 1 rings (SSSR count). The third-order valence-electron chi connectivity index (χ3n) is 3.42. The van der Waals surface area contributed by atoms with E-state index in [0.29, 0.717) is 0 Å². The first-order chi connectivity index (χ1) is 9.71. The summed E-state index contributed by atoms with van der Waals surface area (Å²) in [6.07, 6.45) is -6.13. The average molecular weight is 309 g/mol. The number of nitrogens with one attached hydrogen (secondary N) is 1. The van der Waals surface area contributed by atoms with Gasteiger partial charge in [-0.3, -0.25) is 4.79 Å². The van der Waals surface area contributed by atoms with Crippen LogP contribution in [0.25, 0.3) is 0 Å². The van der Waals surface area contributed by atoms with Gasteiger partial charge in [-0.2, -0.15) is 0 Å². The van der Waals surface area contributed by atoms with Crippen molar-refractivity contribution in [3.63, 3.8) is 0 Å². The number of hydrogen-bond acceptors (Lipinski definition) is 8. The normalized spacial score (nSPS) is 36.0. The van der Waals surface area contributed by atoms with Gasteiger partial charge in [0, 0.05) is 6.61 Å². The summed E-state index contributed by atoms with van der Waals surface area (Å²) in [5.41, 5.74) is -1.43. The molecule has 6 atom stereocenters. The van der Waals surface area contributed by atoms with E-state index in [0.717, 1.165) is 0 Å². The van der Waals surface area contributed by atoms with Crippen LogP contribution in [0.5, 0.6) is 0 Å². The molecule has 1 saturated heterocycles. The van der Waals surface area contributed by atoms with Crippen LogP contribution in [0.1, 0.15) is 19.8 Å². The van der Waals surface area contributed by atoms with Crippen LogP contribution in [0.3, 0.4) is 0 Å². The molecule has 9 heteroatoms. The Morgan fingerprint density at radius 2 is 1.86 bits per heavy atom. The molecule has 1 heterocycles. The Bertz CT molecular complexity index is 350. The molecule has 0 aromatic heterocycles. The molecule has 0 saturated carbocycles. The van der Waals surface area contributed by atoms with Crippen molar-refractivity contribution in [2.24, 2.45) is 0 Å². The Labute approximate surface area is 121 Å². The highest BCUT2D eigenvalue weighted by atomic mass is 16.6. The van der Waals surface area contributed by atoms with Gasteiger partial charge < -0.3 is 40.7 Å². The number of carbonyl (C=O) groups is 1. The highest BCUT2D eigenvalue weighted by Crippen LogP contribution is 2.20. The molecule has 0 aliphatic carbocycles. The van der Waals surface area contributed by atoms with Crippen LogP contribution in [0, 0.1) is 0 Å². The van der Waals surface area contributed by atoms with Crippen LogP contribution < -0.4 is 5.32 Å². The zero-order chi connectivity index (χ0) is 16.2. The number of amides is 1. The van der Waals surface area contributed by atoms with Gasteiger partial charge in [0.1, 0.15) is 24.4 Å². The molecule has 1 amide bonds. The highest BCUT2D eigenvalue weighted by molar-refractivity contribution is 5.77. The van der Waals surface area contributed by atoms with Gasteiger partial charge in [0.15, 0.2) is 6.29 Å². The number of aliphatic hydroxyl groups excluding tert-OH is 5. The van der Waals surface area contributed by atoms with Gasteiger partial charge in [-0.05, 0) is 13.3 Å². The number of rotatable bonds is 6. The van der Waals surface area contributed by atoms with E-state index < -0.39 is 48.8 Å². The third kappa shape index (κ3) is 4.85. The molecule has 0 aromatic carbocycles. The maximum atomic E-state index is 11.8. The molecule has 1 aliphatic rings. The second-order valence-electron chi connectivity index (χ2n) is 5.47. The summed E-state index contributed by atoms with van der Waals surface area (Å²) in [6, 6.07) is -1.29. The molecule has 0 bridgehead atoms. The summed E-state index contributed by atoms with van der Waals surface area (Å²) in [4.78, 5) is 11.8. The molecule has 1 aliphatic heterocycles. The lowest BCUT2D eigenvalue weighted by molar-refractivity contribution is -0.254. The smallest absolute Gasteiger partial charge is 0.223 e. The molecule has 124 valence electrons. The summed E-state index contributed by atoms with van der Waals surface area (Å²) in [5.74, 6) is -0.685. The quantitative estimate of drug-likeness (QED) is 0.265. The first kappa shape index (κ1) is 18.2. The van der Waals surface area contributed by atoms with Crippen LogP contribution in [0.15, 0.2) is 0 Å². The number of hydrogen-bond donors (Lipinski definition) is 7. The Morgan fingerprint density at radius 3 is 2.38 bits per heavy atom. The minimum atomic E-state index is -1.60. The van der Waals surface area contributed by atoms with E-state index in [4.69, 9.17) is 14.9 Å². The van der Waals surface area contributed by atoms with Crippen molar-refractivity contribution in [1.29, 1.82) is 0 Å². The Kier molecular flexibility index (Phi) is 6.47. The van der Waals surface area contributed by atoms with E-state index in [-0.39, 0.29) is 19.4 Å². The van der Waals surface area contributed by atoms with Crippen LogP contribution >= 0.6 is 0 Å². The zero-order valence-electron chi connectivity index (χ0n) is 11.7. The zero-order valence-corrected chi connectivity index (χ0v) is 11.7. The Morgan fingerprint density at radius 1 is 1.24 bits per heavy atom. The monoisotopic (exact) mass is 309 g/mol. The fraction of sp³-hybridized carbons (Fsp3) is 0.917. The Balaban J connectivity index is 2.63. The van der Waals surface area contributed by atoms with Crippen molar-refractivity contribution in [2.45, 2.75) is 56.0 Å². The predicted octanol–water partition coefficient (Wildman–Crippen LogP) is -3.57. The lowest BCUT2D eigenvalue weighted by atomic mass is 9.95. The lowest BCUT2D eigenvalue weighted by Gasteiger charge is -2.40. The second kappa shape index (κ2) is 7.45. The van der Waals surface area contributed by atoms with E-state index in [1.54, 1.807) is 0 Å². The van der Waals surface area contributed by atoms with E-state index in [9.17, 15) is 25.2 Å². The minimum absolute atomic E-state index is 0.0120. The van der Waals surface area contributed by atoms with Gasteiger partial charge >= 0.3 is 0 Å². The van der Waals surface area contributed by atoms with Gasteiger partial charge in [0.05, 0.1) is 18.6 Å². The first-order valence-corrected chi connectivity index (χ1v) is 6.65. The molecule has 6 unspecified atom stereocenters. The maximum absolute atomic E-state index is 11.8. The summed E-state index contributed by atoms with van der Waals surface area (Å²) < 4.78 is 4.89. The van der Waals surface area contributed by atoms with Gasteiger partial charge in [-0.1, -0.05) is 0 Å². The minimum Gasteiger partial charge on any atom is -0.396 e. The molecular weight excluding hydrogens is 286 g/mol. The molecule has 0 aromatic rings. The second-order valence-corrected chi connectivity index (χ2v) is 5.47. The fourth-order valence-corrected chi connectivity index (χ4v) is 2.17. The standard InChI is InChI=1S/C12H23NO8/c1-12(20,2-3-14)4-7(16)13-8-10(18)9(17)6(5-15)21-11(8)19/h6,8-11,14-15,17-20H,2-5H2,1H3,(H,13,16). The molecule has 0 spiro atoms. The topological polar surface area (TPSA) is 160 Å². The summed E-state index contributed by atoms with van der Waals surface area (Å²) >= 11 is 0. The van der Waals surface area contributed by atoms with Crippen molar-refractivity contribution in [3.05, 3.63) is 0 Å². The van der Waals surface area contributed by atoms with Crippen LogP contribution in [0.2, 0.25) is 0 Å². The van der Waals surface area contributed by atoms with Crippen molar-refractivity contribution in [3.8, 4) is 0 Å². The largest absolute Gasteiger partial charge is 0.396 e. The van der Waals surface area contributed by atoms with Crippen molar-refractivity contribution >= 4 is 5.91 Å². The highest BCUT2D eigenvalue weighted by Gasteiger charge is 2.44. The Hall–Kier alpha value is -0.810. The summed E-state index contributed by atoms with van der Waals surface area (Å²) in [5, 5.41) is 59.0. The van der Waals surface area contributed by atoms with Gasteiger partial charge in [0.2, 0.25) is 5.91 Å². The van der Waals surface area contributed by atoms with Crippen LogP contribution in [0.4, 0.5) is 0 Å². The van der Waals surface area contributed by atoms with E-state index in [2.05, 4.69) is 5.32 Å². The summed E-state index contributed by atoms with van der Waals surface area (Å²) in [7, 11) is 0. The maximum Gasteiger partial charge on any atom is 0.223 e. The first-order valence-electron chi connectivity index (χ1n) is 6.65. The van der Waals surface area contributed by atoms with E-state index >= 15 is 0 Å². The van der Waals surface area contributed by atoms with Crippen LogP contribution in [-0.4, -0.2) is 86.0 Å². The SMILES string of the molecule is CC(O)(CCO)CC(=O)NC1C(O)OC(CO)C(O)C1O. The third-order valence-corrected chi connectivity index (χ3v) is 3.42. The van der Waals surface area contributed by atoms with Gasteiger partial charge in [0.25, 0.3) is 0 Å². The molecule has 1 fully saturated rings. The molecule has 9 nitrogen and oxygen atoms in total. The number of carbonyl (C=O) groups excluding carboxylic acids is 1. The van der Waals surface area contributed by atoms with Gasteiger partial charge in [-0.25, -0.2) is 0 Å². The molecule has 0 radical (unpaired) electrons. The predicted molar refractivity (Wildman–Crippen MR) is 68.9 cm³/mol. The van der Waals surface area contributed by atoms with Crippen molar-refractivity contribution in [2.75, 3.05) is 13.2 Å². The van der Waals surface area contributed by atoms with E-state index in [1.165, 1.54) is 6.92 Å². The van der Waals surface area contributed by atoms with Crippen LogP contribution in [-0.2, 0) is 9.53 Å². The van der Waals surface area contributed by atoms with Gasteiger partial charge in [-0.15, -0.1) is 0 Å². The van der Waals surface area contributed by atoms with Crippen molar-refractivity contribution in [1.82, 2.24) is 5.32 Å². The lowest BCUT2D eigenvalue weighted by Crippen LogP contribution is -2.64. The fourth-order valence-electron chi connectivity index (χ4n) is 2.17. The average Bonchev–Trinajstić information content (AvgIpc) is 2.38.